The van der Waals surface area contributed by atoms with Gasteiger partial charge in [0.05, 0.1) is 24.9 Å². The molecule has 2 unspecified atom stereocenters. The number of alkyl halides is 1. The van der Waals surface area contributed by atoms with Crippen molar-refractivity contribution in [1.29, 1.82) is 0 Å². The van der Waals surface area contributed by atoms with Crippen molar-refractivity contribution in [2.75, 3.05) is 25.5 Å². The number of thioether (sulfide) groups is 1. The number of hydrogen-bond acceptors (Lipinski definition) is 16. The molecule has 18 nitrogen and oxygen atoms in total. The summed E-state index contributed by atoms with van der Waals surface area (Å²) in [6.45, 7) is -8.91. The van der Waals surface area contributed by atoms with Gasteiger partial charge in [0.1, 0.15) is 53.8 Å². The van der Waals surface area contributed by atoms with Gasteiger partial charge in [-0.3, -0.25) is 31.0 Å². The first-order chi connectivity index (χ1) is 24.4. The maximum Gasteiger partial charge on any atom is 0.386 e. The van der Waals surface area contributed by atoms with Crippen molar-refractivity contribution in [2.45, 2.75) is 73.6 Å². The van der Waals surface area contributed by atoms with Gasteiger partial charge in [0, 0.05) is 42.2 Å². The van der Waals surface area contributed by atoms with Crippen molar-refractivity contribution in [2.24, 2.45) is 0 Å². The molecule has 8 heterocycles. The summed E-state index contributed by atoms with van der Waals surface area (Å²) < 4.78 is 72.3. The molecule has 0 spiro atoms. The van der Waals surface area contributed by atoms with E-state index in [0.717, 1.165) is 34.6 Å². The highest BCUT2D eigenvalue weighted by molar-refractivity contribution is 14.1. The van der Waals surface area contributed by atoms with Gasteiger partial charge in [0.2, 0.25) is 0 Å². The van der Waals surface area contributed by atoms with Gasteiger partial charge < -0.3 is 28.6 Å². The van der Waals surface area contributed by atoms with Crippen LogP contribution < -0.4 is 9.09 Å². The number of thiol groups is 1. The predicted molar refractivity (Wildman–Crippen MR) is 194 cm³/mol. The summed E-state index contributed by atoms with van der Waals surface area (Å²) in [6.07, 6.45) is -4.15. The molecule has 0 aromatic carbocycles. The van der Waals surface area contributed by atoms with Crippen molar-refractivity contribution >= 4 is 94.4 Å². The largest absolute Gasteiger partial charge is 0.387 e. The summed E-state index contributed by atoms with van der Waals surface area (Å²) in [5.41, 5.74) is 1.10. The Bertz CT molecular complexity index is 2130. The quantitative estimate of drug-likeness (QED) is 0.0746. The number of rotatable bonds is 5. The third-order valence-electron chi connectivity index (χ3n) is 8.92. The van der Waals surface area contributed by atoms with E-state index >= 15 is 4.39 Å². The number of hydrogen-bond donors (Lipinski definition) is 4. The zero-order valence-corrected chi connectivity index (χ0v) is 32.6. The molecule has 3 fully saturated rings. The van der Waals surface area contributed by atoms with E-state index in [4.69, 9.17) is 39.4 Å². The second-order valence-electron chi connectivity index (χ2n) is 12.1. The minimum atomic E-state index is -4.38. The predicted octanol–water partition coefficient (Wildman–Crippen LogP) is 2.58. The second kappa shape index (κ2) is 14.5. The van der Waals surface area contributed by atoms with Gasteiger partial charge in [-0.2, -0.15) is 0 Å². The topological polar surface area (TPSA) is 208 Å². The first kappa shape index (κ1) is 36.8. The van der Waals surface area contributed by atoms with E-state index in [1.54, 1.807) is 22.5 Å². The Labute approximate surface area is 316 Å². The van der Waals surface area contributed by atoms with E-state index in [0.29, 0.717) is 18.7 Å². The van der Waals surface area contributed by atoms with E-state index in [1.807, 2.05) is 22.9 Å². The van der Waals surface area contributed by atoms with Gasteiger partial charge in [-0.05, 0) is 36.0 Å². The van der Waals surface area contributed by atoms with Crippen LogP contribution in [0.25, 0.3) is 22.2 Å². The number of halogens is 2. The normalized spacial score (nSPS) is 36.0. The number of aliphatic hydroxyl groups excluding tert-OH is 1. The van der Waals surface area contributed by atoms with Crippen LogP contribution in [-0.4, -0.2) is 106 Å². The Hall–Kier alpha value is -1.15. The smallest absolute Gasteiger partial charge is 0.386 e. The van der Waals surface area contributed by atoms with Crippen molar-refractivity contribution in [1.82, 2.24) is 37.2 Å². The standard InChI is InChI=1S/C26H30FIN8O10P2S3/c27-16-19-14(44-25(16)35-6-12-2-1-5-51-23-15(12)21(35)29-9-30-23)8-42-48(40,50)46-20-18(37)13(7-41-47(39,49)45-19)43-26(20)36-11-31-17-22(36)32-10-34(24(17)38)4-3-33-28/h6,9-11,13-14,16,18-20,25-26,33,37H,1-5,7-8H2,(H,39,49)(H,40,50)/t13-,14-,16-,18-,19-,20-,25-,26-,47?,48?/m1/s1. The van der Waals surface area contributed by atoms with E-state index in [1.165, 1.54) is 28.1 Å². The molecule has 0 saturated carbocycles. The monoisotopic (exact) mass is 918 g/mol. The van der Waals surface area contributed by atoms with Crippen molar-refractivity contribution in [3.05, 3.63) is 41.1 Å². The van der Waals surface area contributed by atoms with Crippen LogP contribution in [0, 0.1) is 0 Å². The second-order valence-corrected chi connectivity index (χ2v) is 19.6. The fourth-order valence-corrected chi connectivity index (χ4v) is 10.7. The average molecular weight is 919 g/mol. The van der Waals surface area contributed by atoms with Crippen LogP contribution in [0.15, 0.2) is 35.0 Å². The molecule has 3 N–H and O–H groups in total. The van der Waals surface area contributed by atoms with Crippen molar-refractivity contribution in [3.8, 4) is 0 Å². The molecule has 51 heavy (non-hydrogen) atoms. The molecule has 276 valence electrons. The number of fused-ring (bicyclic) bond motifs is 4. The van der Waals surface area contributed by atoms with Gasteiger partial charge in [0.25, 0.3) is 5.56 Å². The Kier molecular flexibility index (Phi) is 10.5. The van der Waals surface area contributed by atoms with Crippen molar-refractivity contribution < 1.29 is 46.5 Å². The van der Waals surface area contributed by atoms with Crippen molar-refractivity contribution in [3.63, 3.8) is 0 Å². The third-order valence-corrected chi connectivity index (χ3v) is 13.7. The fraction of sp³-hybridized carbons (Fsp3) is 0.577. The molecule has 0 radical (unpaired) electrons. The highest BCUT2D eigenvalue weighted by Crippen LogP contribution is 2.58. The fourth-order valence-electron chi connectivity index (χ4n) is 6.59. The molecular weight excluding hydrogens is 888 g/mol. The van der Waals surface area contributed by atoms with Gasteiger partial charge in [-0.25, -0.2) is 28.9 Å². The van der Waals surface area contributed by atoms with Crippen LogP contribution in [-0.2, 0) is 56.9 Å². The van der Waals surface area contributed by atoms with Gasteiger partial charge in [-0.15, -0.1) is 11.8 Å². The number of aliphatic hydroxyl groups is 1. The van der Waals surface area contributed by atoms with E-state index in [9.17, 15) is 19.4 Å². The average Bonchev–Trinajstić information content (AvgIpc) is 3.80. The first-order valence-corrected chi connectivity index (χ1v) is 23.0. The molecule has 0 aliphatic carbocycles. The number of imidazole rings is 1. The molecule has 0 amide bonds. The minimum absolute atomic E-state index is 0.0161. The van der Waals surface area contributed by atoms with Crippen LogP contribution in [0.1, 0.15) is 24.4 Å². The van der Waals surface area contributed by atoms with Gasteiger partial charge >= 0.3 is 13.5 Å². The zero-order valence-electron chi connectivity index (χ0n) is 26.1. The summed E-state index contributed by atoms with van der Waals surface area (Å²) in [7, 11) is 0. The van der Waals surface area contributed by atoms with E-state index in [-0.39, 0.29) is 11.2 Å². The van der Waals surface area contributed by atoms with Gasteiger partial charge in [0.15, 0.2) is 29.8 Å². The summed E-state index contributed by atoms with van der Waals surface area (Å²) in [6, 6.07) is 0. The Morgan fingerprint density at radius 3 is 2.71 bits per heavy atom. The number of nitrogens with zero attached hydrogens (tertiary/aromatic N) is 7. The van der Waals surface area contributed by atoms with E-state index < -0.39 is 81.4 Å². The summed E-state index contributed by atoms with van der Waals surface area (Å²) in [5, 5.41) is 12.9. The highest BCUT2D eigenvalue weighted by atomic mass is 127. The molecule has 8 rings (SSSR count). The van der Waals surface area contributed by atoms with Crippen LogP contribution in [0.4, 0.5) is 4.39 Å². The molecule has 4 aliphatic rings. The maximum absolute atomic E-state index is 16.5. The molecule has 2 bridgehead atoms. The molecular formula is C26H30FIN8O10P2S3. The number of aromatic nitrogens is 7. The van der Waals surface area contributed by atoms with Crippen LogP contribution >= 0.6 is 60.4 Å². The SMILES string of the molecule is O=c1c2ncn([C@@H]3O[C@@H]4COP(O)(=S)O[C@H]5[C@@H](F)[C@H](n6cc7c8c(ncnc86)SCCC7)O[C@@H]5COP(=O)(S)O[C@@H]3[C@@H]4O)c2ncn1CCNI. The lowest BCUT2D eigenvalue weighted by molar-refractivity contribution is -0.0584. The molecule has 3 saturated heterocycles. The Balaban J connectivity index is 1.09. The molecule has 4 aliphatic heterocycles. The van der Waals surface area contributed by atoms with Crippen LogP contribution in [0.2, 0.25) is 0 Å². The summed E-state index contributed by atoms with van der Waals surface area (Å²) in [4.78, 5) is 41.6. The van der Waals surface area contributed by atoms with Crippen LogP contribution in [0.5, 0.6) is 0 Å². The Morgan fingerprint density at radius 1 is 1.08 bits per heavy atom. The van der Waals surface area contributed by atoms with E-state index in [2.05, 4.69) is 35.7 Å². The minimum Gasteiger partial charge on any atom is -0.387 e. The molecule has 4 aromatic heterocycles. The molecule has 4 aromatic rings. The molecule has 10 atom stereocenters. The number of ether oxygens (including phenoxy) is 2. The number of aryl methyl sites for hydroxylation is 1. The highest BCUT2D eigenvalue weighted by Gasteiger charge is 2.53. The summed E-state index contributed by atoms with van der Waals surface area (Å²) >= 11 is 13.0. The lowest BCUT2D eigenvalue weighted by Crippen LogP contribution is -2.35. The lowest BCUT2D eigenvalue weighted by Gasteiger charge is -2.27. The third kappa shape index (κ3) is 6.99. The zero-order chi connectivity index (χ0) is 35.7. The Morgan fingerprint density at radius 2 is 1.88 bits per heavy atom. The summed E-state index contributed by atoms with van der Waals surface area (Å²) in [5.74, 6) is 0.882. The first-order valence-electron chi connectivity index (χ1n) is 15.6. The molecule has 25 heteroatoms. The number of nitrogens with one attached hydrogen (secondary N) is 1. The lowest BCUT2D eigenvalue weighted by atomic mass is 10.1. The van der Waals surface area contributed by atoms with Crippen LogP contribution in [0.3, 0.4) is 0 Å². The maximum atomic E-state index is 16.5. The van der Waals surface area contributed by atoms with Gasteiger partial charge in [-0.1, -0.05) is 12.2 Å².